The standard InChI is InChI=1S/C3HF5O/c4-1(2(5)9)3(6,7)8/h9H. The van der Waals surface area contributed by atoms with Crippen LogP contribution in [0.1, 0.15) is 0 Å². The number of halogens is 5. The second-order valence-electron chi connectivity index (χ2n) is 1.10. The van der Waals surface area contributed by atoms with Crippen LogP contribution in [0.2, 0.25) is 0 Å². The van der Waals surface area contributed by atoms with Crippen molar-refractivity contribution < 1.29 is 27.1 Å². The molecule has 0 radical (unpaired) electrons. The third kappa shape index (κ3) is 2.29. The Morgan fingerprint density at radius 3 is 1.44 bits per heavy atom. The molecule has 0 unspecified atom stereocenters. The van der Waals surface area contributed by atoms with E-state index in [0.29, 0.717) is 0 Å². The Kier molecular flexibility index (Phi) is 2.00. The van der Waals surface area contributed by atoms with Gasteiger partial charge in [-0.2, -0.15) is 22.0 Å². The van der Waals surface area contributed by atoms with Crippen LogP contribution in [0.4, 0.5) is 22.0 Å². The van der Waals surface area contributed by atoms with Gasteiger partial charge in [0, 0.05) is 0 Å². The van der Waals surface area contributed by atoms with Gasteiger partial charge in [-0.25, -0.2) is 0 Å². The summed E-state index contributed by atoms with van der Waals surface area (Å²) in [4.78, 5) is 0. The summed E-state index contributed by atoms with van der Waals surface area (Å²) in [6.07, 6.45) is -5.43. The summed E-state index contributed by atoms with van der Waals surface area (Å²) in [5, 5.41) is 7.27. The highest BCUT2D eigenvalue weighted by molar-refractivity contribution is 4.98. The monoisotopic (exact) mass is 148 g/mol. The first-order valence-electron chi connectivity index (χ1n) is 1.67. The molecule has 0 saturated carbocycles. The van der Waals surface area contributed by atoms with E-state index in [2.05, 4.69) is 0 Å². The summed E-state index contributed by atoms with van der Waals surface area (Å²) in [5.74, 6) is -3.11. The SMILES string of the molecule is OC(F)=C(F)C(F)(F)F. The van der Waals surface area contributed by atoms with E-state index in [4.69, 9.17) is 5.11 Å². The van der Waals surface area contributed by atoms with Crippen molar-refractivity contribution in [3.63, 3.8) is 0 Å². The van der Waals surface area contributed by atoms with Crippen molar-refractivity contribution in [2.45, 2.75) is 6.18 Å². The van der Waals surface area contributed by atoms with Crippen LogP contribution in [-0.2, 0) is 0 Å². The predicted molar refractivity (Wildman–Crippen MR) is 17.9 cm³/mol. The quantitative estimate of drug-likeness (QED) is 0.412. The van der Waals surface area contributed by atoms with Gasteiger partial charge in [0.15, 0.2) is 0 Å². The number of aliphatic hydroxyl groups excluding tert-OH is 1. The van der Waals surface area contributed by atoms with Crippen LogP contribution in [0, 0.1) is 0 Å². The van der Waals surface area contributed by atoms with Gasteiger partial charge in [0.2, 0.25) is 0 Å². The van der Waals surface area contributed by atoms with Gasteiger partial charge in [-0.05, 0) is 0 Å². The third-order valence-electron chi connectivity index (χ3n) is 0.430. The Morgan fingerprint density at radius 1 is 1.11 bits per heavy atom. The molecule has 0 aliphatic carbocycles. The van der Waals surface area contributed by atoms with Gasteiger partial charge in [-0.15, -0.1) is 0 Å². The molecule has 0 heterocycles. The normalized spacial score (nSPS) is 15.2. The molecule has 0 aromatic heterocycles. The summed E-state index contributed by atoms with van der Waals surface area (Å²) in [6, 6.07) is -2.84. The lowest BCUT2D eigenvalue weighted by atomic mass is 10.6. The van der Waals surface area contributed by atoms with E-state index in [-0.39, 0.29) is 0 Å². The summed E-state index contributed by atoms with van der Waals surface area (Å²) in [7, 11) is 0. The van der Waals surface area contributed by atoms with E-state index in [1.807, 2.05) is 0 Å². The summed E-state index contributed by atoms with van der Waals surface area (Å²) >= 11 is 0. The first-order valence-corrected chi connectivity index (χ1v) is 1.67. The van der Waals surface area contributed by atoms with E-state index in [9.17, 15) is 22.0 Å². The Balaban J connectivity index is 4.40. The van der Waals surface area contributed by atoms with Gasteiger partial charge in [-0.1, -0.05) is 0 Å². The average molecular weight is 148 g/mol. The molecule has 0 aliphatic heterocycles. The first kappa shape index (κ1) is 8.19. The highest BCUT2D eigenvalue weighted by Gasteiger charge is 2.38. The zero-order valence-corrected chi connectivity index (χ0v) is 3.84. The van der Waals surface area contributed by atoms with Crippen LogP contribution < -0.4 is 0 Å². The molecule has 0 rings (SSSR count). The molecule has 1 nitrogen and oxygen atoms in total. The third-order valence-corrected chi connectivity index (χ3v) is 0.430. The Bertz CT molecular complexity index is 130. The van der Waals surface area contributed by atoms with E-state index in [1.165, 1.54) is 0 Å². The molecular weight excluding hydrogens is 147 g/mol. The first-order chi connectivity index (χ1) is 3.85. The summed E-state index contributed by atoms with van der Waals surface area (Å²) in [5.41, 5.74) is 0. The van der Waals surface area contributed by atoms with E-state index in [1.54, 1.807) is 0 Å². The molecule has 0 fully saturated rings. The zero-order valence-electron chi connectivity index (χ0n) is 3.84. The van der Waals surface area contributed by atoms with Gasteiger partial charge in [-0.3, -0.25) is 0 Å². The van der Waals surface area contributed by atoms with Crippen LogP contribution in [0.3, 0.4) is 0 Å². The highest BCUT2D eigenvalue weighted by atomic mass is 19.4. The maximum absolute atomic E-state index is 11.2. The summed E-state index contributed by atoms with van der Waals surface area (Å²) in [6.45, 7) is 0. The molecule has 0 bridgehead atoms. The van der Waals surface area contributed by atoms with Crippen molar-refractivity contribution >= 4 is 0 Å². The van der Waals surface area contributed by atoms with Crippen molar-refractivity contribution in [1.82, 2.24) is 0 Å². The number of allylic oxidation sites excluding steroid dienone is 1. The zero-order chi connectivity index (χ0) is 7.65. The number of alkyl halides is 3. The van der Waals surface area contributed by atoms with Crippen LogP contribution in [0.15, 0.2) is 11.8 Å². The summed E-state index contributed by atoms with van der Waals surface area (Å²) < 4.78 is 54.7. The molecular formula is C3HF5O. The molecule has 6 heteroatoms. The van der Waals surface area contributed by atoms with Crippen molar-refractivity contribution in [1.29, 1.82) is 0 Å². The fourth-order valence-electron chi connectivity index (χ4n) is 0.117. The second-order valence-corrected chi connectivity index (χ2v) is 1.10. The molecule has 0 aromatic rings. The number of aliphatic hydroxyl groups is 1. The number of rotatable bonds is 0. The second kappa shape index (κ2) is 2.20. The maximum Gasteiger partial charge on any atom is 0.449 e. The lowest BCUT2D eigenvalue weighted by Gasteiger charge is -1.99. The molecule has 0 amide bonds. The van der Waals surface area contributed by atoms with Crippen LogP contribution in [0.5, 0.6) is 0 Å². The largest absolute Gasteiger partial charge is 0.484 e. The fraction of sp³-hybridized carbons (Fsp3) is 0.333. The lowest BCUT2D eigenvalue weighted by Crippen LogP contribution is -2.09. The molecule has 9 heavy (non-hydrogen) atoms. The van der Waals surface area contributed by atoms with Crippen molar-refractivity contribution in [2.24, 2.45) is 0 Å². The van der Waals surface area contributed by atoms with Crippen molar-refractivity contribution in [3.05, 3.63) is 11.8 Å². The van der Waals surface area contributed by atoms with Crippen LogP contribution in [-0.4, -0.2) is 11.3 Å². The van der Waals surface area contributed by atoms with E-state index >= 15 is 0 Å². The van der Waals surface area contributed by atoms with Crippen LogP contribution >= 0.6 is 0 Å². The van der Waals surface area contributed by atoms with E-state index < -0.39 is 18.0 Å². The van der Waals surface area contributed by atoms with E-state index in [0.717, 1.165) is 0 Å². The molecule has 0 aliphatic rings. The minimum absolute atomic E-state index is 2.84. The van der Waals surface area contributed by atoms with Gasteiger partial charge < -0.3 is 5.11 Å². The fourth-order valence-corrected chi connectivity index (χ4v) is 0.117. The minimum Gasteiger partial charge on any atom is -0.484 e. The Labute approximate surface area is 46.4 Å². The predicted octanol–water partition coefficient (Wildman–Crippen LogP) is 2.21. The maximum atomic E-state index is 11.2. The topological polar surface area (TPSA) is 20.2 Å². The molecule has 0 spiro atoms. The minimum atomic E-state index is -5.43. The van der Waals surface area contributed by atoms with Crippen LogP contribution in [0.25, 0.3) is 0 Å². The highest BCUT2D eigenvalue weighted by Crippen LogP contribution is 2.28. The molecule has 0 atom stereocenters. The Morgan fingerprint density at radius 2 is 1.44 bits per heavy atom. The number of hydrogen-bond donors (Lipinski definition) is 1. The average Bonchev–Trinajstić information content (AvgIpc) is 1.62. The lowest BCUT2D eigenvalue weighted by molar-refractivity contribution is -0.114. The number of hydrogen-bond acceptors (Lipinski definition) is 1. The van der Waals surface area contributed by atoms with Gasteiger partial charge in [0.1, 0.15) is 0 Å². The van der Waals surface area contributed by atoms with Crippen molar-refractivity contribution in [3.8, 4) is 0 Å². The Hall–Kier alpha value is -0.810. The van der Waals surface area contributed by atoms with Gasteiger partial charge in [0.25, 0.3) is 5.83 Å². The van der Waals surface area contributed by atoms with Gasteiger partial charge >= 0.3 is 12.2 Å². The molecule has 54 valence electrons. The van der Waals surface area contributed by atoms with Crippen molar-refractivity contribution in [2.75, 3.05) is 0 Å². The smallest absolute Gasteiger partial charge is 0.449 e. The van der Waals surface area contributed by atoms with Gasteiger partial charge in [0.05, 0.1) is 0 Å². The molecule has 0 aromatic carbocycles. The molecule has 1 N–H and O–H groups in total. The molecule has 0 saturated heterocycles.